The largest absolute Gasteiger partial charge is 0.448 e. The lowest BCUT2D eigenvalue weighted by Crippen LogP contribution is -2.40. The Hall–Kier alpha value is -2.19. The summed E-state index contributed by atoms with van der Waals surface area (Å²) in [6, 6.07) is 10.9. The van der Waals surface area contributed by atoms with E-state index in [0.717, 1.165) is 15.2 Å². The average Bonchev–Trinajstić information content (AvgIpc) is 3.32. The van der Waals surface area contributed by atoms with Crippen molar-refractivity contribution < 1.29 is 17.6 Å². The predicted octanol–water partition coefficient (Wildman–Crippen LogP) is 3.21. The molecule has 1 fully saturated rings. The van der Waals surface area contributed by atoms with E-state index in [1.54, 1.807) is 17.0 Å². The lowest BCUT2D eigenvalue weighted by atomic mass is 10.2. The molecule has 8 heteroatoms. The first kappa shape index (κ1) is 17.2. The van der Waals surface area contributed by atoms with Gasteiger partial charge < -0.3 is 9.32 Å². The van der Waals surface area contributed by atoms with E-state index in [1.165, 1.54) is 11.3 Å². The van der Waals surface area contributed by atoms with Gasteiger partial charge in [0.25, 0.3) is 5.91 Å². The Morgan fingerprint density at radius 2 is 2.12 bits per heavy atom. The number of amides is 1. The predicted molar refractivity (Wildman–Crippen MR) is 101 cm³/mol. The third kappa shape index (κ3) is 3.14. The number of nitrogens with zero attached hydrogens (tertiary/aromatic N) is 2. The van der Waals surface area contributed by atoms with E-state index in [4.69, 9.17) is 4.42 Å². The highest BCUT2D eigenvalue weighted by Gasteiger charge is 2.35. The van der Waals surface area contributed by atoms with Crippen LogP contribution in [0.5, 0.6) is 0 Å². The van der Waals surface area contributed by atoms with Crippen molar-refractivity contribution in [2.75, 3.05) is 18.1 Å². The molecule has 1 atom stereocenters. The maximum atomic E-state index is 12.8. The SMILES string of the molecule is CCN(C(=O)c1ccc(-c2nc3ccccc3s2)o1)C1CCS(=O)(=O)C1. The van der Waals surface area contributed by atoms with Crippen molar-refractivity contribution >= 4 is 37.3 Å². The summed E-state index contributed by atoms with van der Waals surface area (Å²) in [5.41, 5.74) is 0.892. The van der Waals surface area contributed by atoms with Crippen molar-refractivity contribution in [2.45, 2.75) is 19.4 Å². The Morgan fingerprint density at radius 3 is 2.81 bits per heavy atom. The van der Waals surface area contributed by atoms with Crippen LogP contribution >= 0.6 is 11.3 Å². The van der Waals surface area contributed by atoms with Gasteiger partial charge in [0.15, 0.2) is 26.4 Å². The van der Waals surface area contributed by atoms with Crippen molar-refractivity contribution in [2.24, 2.45) is 0 Å². The lowest BCUT2D eigenvalue weighted by molar-refractivity contribution is 0.0676. The Balaban J connectivity index is 1.59. The molecule has 0 aliphatic carbocycles. The van der Waals surface area contributed by atoms with Crippen molar-refractivity contribution in [1.82, 2.24) is 9.88 Å². The average molecular weight is 390 g/mol. The Bertz CT molecular complexity index is 1030. The number of benzene rings is 1. The number of hydrogen-bond acceptors (Lipinski definition) is 6. The van der Waals surface area contributed by atoms with Gasteiger partial charge >= 0.3 is 0 Å². The molecule has 0 N–H and O–H groups in total. The third-order valence-electron chi connectivity index (χ3n) is 4.57. The summed E-state index contributed by atoms with van der Waals surface area (Å²) in [6.07, 6.45) is 0.480. The third-order valence-corrected chi connectivity index (χ3v) is 7.37. The smallest absolute Gasteiger partial charge is 0.289 e. The standard InChI is InChI=1S/C18H18N2O4S2/c1-2-20(12-9-10-26(22,23)11-12)18(21)15-8-7-14(24-15)17-19-13-5-3-4-6-16(13)25-17/h3-8,12H,2,9-11H2,1H3. The molecule has 0 saturated carbocycles. The van der Waals surface area contributed by atoms with Crippen molar-refractivity contribution in [3.8, 4) is 10.8 Å². The van der Waals surface area contributed by atoms with Gasteiger partial charge in [0.05, 0.1) is 21.7 Å². The highest BCUT2D eigenvalue weighted by atomic mass is 32.2. The van der Waals surface area contributed by atoms with Gasteiger partial charge in [-0.25, -0.2) is 13.4 Å². The summed E-state index contributed by atoms with van der Waals surface area (Å²) in [5, 5.41) is 0.719. The highest BCUT2D eigenvalue weighted by Crippen LogP contribution is 2.31. The van der Waals surface area contributed by atoms with Crippen LogP contribution in [-0.4, -0.2) is 48.3 Å². The summed E-state index contributed by atoms with van der Waals surface area (Å²) in [4.78, 5) is 18.9. The molecule has 1 aliphatic rings. The number of rotatable bonds is 4. The van der Waals surface area contributed by atoms with Gasteiger partial charge in [0.1, 0.15) is 0 Å². The molecule has 4 rings (SSSR count). The fourth-order valence-corrected chi connectivity index (χ4v) is 5.93. The molecular weight excluding hydrogens is 372 g/mol. The van der Waals surface area contributed by atoms with Gasteiger partial charge in [0.2, 0.25) is 0 Å². The van der Waals surface area contributed by atoms with Gasteiger partial charge in [-0.15, -0.1) is 11.3 Å². The molecule has 6 nitrogen and oxygen atoms in total. The fraction of sp³-hybridized carbons (Fsp3) is 0.333. The van der Waals surface area contributed by atoms with E-state index >= 15 is 0 Å². The summed E-state index contributed by atoms with van der Waals surface area (Å²) >= 11 is 1.51. The Labute approximate surface area is 155 Å². The first-order chi connectivity index (χ1) is 12.5. The fourth-order valence-electron chi connectivity index (χ4n) is 3.28. The minimum Gasteiger partial charge on any atom is -0.448 e. The number of furan rings is 1. The zero-order valence-electron chi connectivity index (χ0n) is 14.2. The van der Waals surface area contributed by atoms with E-state index in [2.05, 4.69) is 4.98 Å². The van der Waals surface area contributed by atoms with Gasteiger partial charge in [-0.3, -0.25) is 4.79 Å². The quantitative estimate of drug-likeness (QED) is 0.683. The van der Waals surface area contributed by atoms with E-state index in [1.807, 2.05) is 31.2 Å². The van der Waals surface area contributed by atoms with Gasteiger partial charge in [-0.05, 0) is 37.6 Å². The number of para-hydroxylation sites is 1. The number of aromatic nitrogens is 1. The second kappa shape index (κ2) is 6.51. The Kier molecular flexibility index (Phi) is 4.32. The van der Waals surface area contributed by atoms with Crippen LogP contribution in [0.4, 0.5) is 0 Å². The summed E-state index contributed by atoms with van der Waals surface area (Å²) in [5.74, 6) is 0.645. The monoisotopic (exact) mass is 390 g/mol. The molecular formula is C18H18N2O4S2. The van der Waals surface area contributed by atoms with Crippen LogP contribution in [0.1, 0.15) is 23.9 Å². The molecule has 1 unspecified atom stereocenters. The summed E-state index contributed by atoms with van der Waals surface area (Å²) in [7, 11) is -3.05. The van der Waals surface area contributed by atoms with Crippen LogP contribution < -0.4 is 0 Å². The van der Waals surface area contributed by atoms with Gasteiger partial charge in [0, 0.05) is 12.6 Å². The number of thiazole rings is 1. The molecule has 1 amide bonds. The Morgan fingerprint density at radius 1 is 1.31 bits per heavy atom. The minimum atomic E-state index is -3.05. The molecule has 0 bridgehead atoms. The molecule has 1 aromatic carbocycles. The van der Waals surface area contributed by atoms with Crippen LogP contribution in [0.25, 0.3) is 21.0 Å². The lowest BCUT2D eigenvalue weighted by Gasteiger charge is -2.25. The van der Waals surface area contributed by atoms with E-state index in [9.17, 15) is 13.2 Å². The molecule has 3 heterocycles. The zero-order valence-corrected chi connectivity index (χ0v) is 15.8. The molecule has 3 aromatic rings. The van der Waals surface area contributed by atoms with Crippen LogP contribution in [-0.2, 0) is 9.84 Å². The minimum absolute atomic E-state index is 0.0258. The number of fused-ring (bicyclic) bond motifs is 1. The van der Waals surface area contributed by atoms with Gasteiger partial charge in [-0.2, -0.15) is 0 Å². The second-order valence-corrected chi connectivity index (χ2v) is 9.56. The first-order valence-corrected chi connectivity index (χ1v) is 11.1. The second-order valence-electron chi connectivity index (χ2n) is 6.30. The molecule has 26 heavy (non-hydrogen) atoms. The maximum Gasteiger partial charge on any atom is 0.289 e. The number of hydrogen-bond donors (Lipinski definition) is 0. The topological polar surface area (TPSA) is 80.5 Å². The summed E-state index contributed by atoms with van der Waals surface area (Å²) < 4.78 is 30.3. The van der Waals surface area contributed by atoms with Crippen LogP contribution in [0.2, 0.25) is 0 Å². The normalized spacial score (nSPS) is 19.0. The summed E-state index contributed by atoms with van der Waals surface area (Å²) in [6.45, 7) is 2.29. The van der Waals surface area contributed by atoms with E-state index in [-0.39, 0.29) is 29.2 Å². The molecule has 1 saturated heterocycles. The van der Waals surface area contributed by atoms with Gasteiger partial charge in [-0.1, -0.05) is 12.1 Å². The van der Waals surface area contributed by atoms with Crippen LogP contribution in [0, 0.1) is 0 Å². The molecule has 136 valence electrons. The molecule has 0 spiro atoms. The molecule has 2 aromatic heterocycles. The zero-order chi connectivity index (χ0) is 18.3. The van der Waals surface area contributed by atoms with Crippen molar-refractivity contribution in [3.05, 3.63) is 42.2 Å². The number of sulfone groups is 1. The number of carbonyl (C=O) groups excluding carboxylic acids is 1. The first-order valence-electron chi connectivity index (χ1n) is 8.44. The van der Waals surface area contributed by atoms with E-state index in [0.29, 0.717) is 18.7 Å². The number of carbonyl (C=O) groups is 1. The maximum absolute atomic E-state index is 12.8. The highest BCUT2D eigenvalue weighted by molar-refractivity contribution is 7.91. The molecule has 0 radical (unpaired) electrons. The van der Waals surface area contributed by atoms with Crippen LogP contribution in [0.3, 0.4) is 0 Å². The van der Waals surface area contributed by atoms with E-state index < -0.39 is 9.84 Å². The van der Waals surface area contributed by atoms with Crippen molar-refractivity contribution in [1.29, 1.82) is 0 Å². The van der Waals surface area contributed by atoms with Crippen LogP contribution in [0.15, 0.2) is 40.8 Å². The van der Waals surface area contributed by atoms with Crippen molar-refractivity contribution in [3.63, 3.8) is 0 Å². The molecule has 1 aliphatic heterocycles.